The first kappa shape index (κ1) is 16.4. The Bertz CT molecular complexity index is 511. The van der Waals surface area contributed by atoms with Gasteiger partial charge in [0.15, 0.2) is 0 Å². The molecule has 22 heavy (non-hydrogen) atoms. The minimum Gasteiger partial charge on any atom is -0.369 e. The fourth-order valence-corrected chi connectivity index (χ4v) is 2.63. The Hall–Kier alpha value is -1.95. The van der Waals surface area contributed by atoms with Gasteiger partial charge in [0.05, 0.1) is 6.54 Å². The summed E-state index contributed by atoms with van der Waals surface area (Å²) >= 11 is 0. The number of benzene rings is 1. The van der Waals surface area contributed by atoms with Crippen LogP contribution in [0.3, 0.4) is 0 Å². The Morgan fingerprint density at radius 1 is 1.23 bits per heavy atom. The predicted molar refractivity (Wildman–Crippen MR) is 81.5 cm³/mol. The van der Waals surface area contributed by atoms with Crippen LogP contribution >= 0.6 is 0 Å². The van der Waals surface area contributed by atoms with Crippen LogP contribution in [0.15, 0.2) is 24.3 Å². The zero-order valence-electron chi connectivity index (χ0n) is 12.6. The van der Waals surface area contributed by atoms with Crippen molar-refractivity contribution in [1.29, 1.82) is 0 Å². The first-order valence-electron chi connectivity index (χ1n) is 7.57. The monoisotopic (exact) mass is 307 g/mol. The lowest BCUT2D eigenvalue weighted by Crippen LogP contribution is -2.43. The van der Waals surface area contributed by atoms with E-state index in [0.717, 1.165) is 31.5 Å². The molecule has 1 fully saturated rings. The molecule has 1 aromatic rings. The normalized spacial score (nSPS) is 16.4. The molecular formula is C16H22FN3O2. The number of nitrogens with one attached hydrogen (secondary N) is 1. The van der Waals surface area contributed by atoms with Gasteiger partial charge in [-0.3, -0.25) is 14.5 Å². The summed E-state index contributed by atoms with van der Waals surface area (Å²) in [5.74, 6) is -0.590. The van der Waals surface area contributed by atoms with E-state index >= 15 is 0 Å². The molecule has 5 nitrogen and oxygen atoms in total. The van der Waals surface area contributed by atoms with Gasteiger partial charge >= 0.3 is 0 Å². The summed E-state index contributed by atoms with van der Waals surface area (Å²) in [5.41, 5.74) is 6.27. The lowest BCUT2D eigenvalue weighted by atomic mass is 9.96. The number of rotatable bonds is 6. The highest BCUT2D eigenvalue weighted by molar-refractivity contribution is 5.78. The number of hydrogen-bond acceptors (Lipinski definition) is 3. The van der Waals surface area contributed by atoms with Gasteiger partial charge < -0.3 is 11.1 Å². The SMILES string of the molecule is NC(=O)C1CCN(CC(=O)NCCc2ccc(F)cc2)CC1. The Balaban J connectivity index is 1.64. The molecule has 1 saturated heterocycles. The van der Waals surface area contributed by atoms with E-state index in [1.165, 1.54) is 12.1 Å². The van der Waals surface area contributed by atoms with Gasteiger partial charge in [-0.2, -0.15) is 0 Å². The van der Waals surface area contributed by atoms with Gasteiger partial charge in [0.1, 0.15) is 5.82 Å². The maximum absolute atomic E-state index is 12.8. The number of likely N-dealkylation sites (tertiary alicyclic amines) is 1. The third-order valence-corrected chi connectivity index (χ3v) is 4.01. The Morgan fingerprint density at radius 2 is 1.86 bits per heavy atom. The lowest BCUT2D eigenvalue weighted by molar-refractivity contribution is -0.124. The topological polar surface area (TPSA) is 75.4 Å². The van der Waals surface area contributed by atoms with Crippen molar-refractivity contribution < 1.29 is 14.0 Å². The number of carbonyl (C=O) groups excluding carboxylic acids is 2. The number of amides is 2. The molecule has 120 valence electrons. The van der Waals surface area contributed by atoms with Crippen LogP contribution in [0.1, 0.15) is 18.4 Å². The van der Waals surface area contributed by atoms with Crippen LogP contribution in [-0.2, 0) is 16.0 Å². The van der Waals surface area contributed by atoms with Crippen molar-refractivity contribution in [2.24, 2.45) is 11.7 Å². The van der Waals surface area contributed by atoms with E-state index in [9.17, 15) is 14.0 Å². The van der Waals surface area contributed by atoms with Crippen LogP contribution in [0.5, 0.6) is 0 Å². The molecule has 0 bridgehead atoms. The molecule has 2 amide bonds. The largest absolute Gasteiger partial charge is 0.369 e. The molecule has 3 N–H and O–H groups in total. The zero-order valence-corrected chi connectivity index (χ0v) is 12.6. The number of nitrogens with two attached hydrogens (primary N) is 1. The van der Waals surface area contributed by atoms with Gasteiger partial charge in [-0.25, -0.2) is 4.39 Å². The van der Waals surface area contributed by atoms with Crippen LogP contribution in [0.2, 0.25) is 0 Å². The molecular weight excluding hydrogens is 285 g/mol. The fraction of sp³-hybridized carbons (Fsp3) is 0.500. The average Bonchev–Trinajstić information content (AvgIpc) is 2.50. The summed E-state index contributed by atoms with van der Waals surface area (Å²) in [4.78, 5) is 25.0. The lowest BCUT2D eigenvalue weighted by Gasteiger charge is -2.29. The first-order chi connectivity index (χ1) is 10.5. The van der Waals surface area contributed by atoms with Crippen molar-refractivity contribution in [2.75, 3.05) is 26.2 Å². The van der Waals surface area contributed by atoms with Gasteiger partial charge in [-0.15, -0.1) is 0 Å². The number of piperidine rings is 1. The van der Waals surface area contributed by atoms with E-state index in [1.54, 1.807) is 12.1 Å². The summed E-state index contributed by atoms with van der Waals surface area (Å²) in [6.07, 6.45) is 2.12. The van der Waals surface area contributed by atoms with Gasteiger partial charge in [-0.05, 0) is 50.0 Å². The van der Waals surface area contributed by atoms with Crippen molar-refractivity contribution >= 4 is 11.8 Å². The fourth-order valence-electron chi connectivity index (χ4n) is 2.63. The molecule has 1 heterocycles. The maximum Gasteiger partial charge on any atom is 0.234 e. The molecule has 0 aromatic heterocycles. The highest BCUT2D eigenvalue weighted by Crippen LogP contribution is 2.16. The van der Waals surface area contributed by atoms with Crippen molar-refractivity contribution in [3.63, 3.8) is 0 Å². The molecule has 0 saturated carbocycles. The van der Waals surface area contributed by atoms with Crippen molar-refractivity contribution in [1.82, 2.24) is 10.2 Å². The van der Waals surface area contributed by atoms with Crippen LogP contribution in [0.25, 0.3) is 0 Å². The molecule has 0 spiro atoms. The minimum absolute atomic E-state index is 0.0281. The molecule has 0 unspecified atom stereocenters. The molecule has 0 aliphatic carbocycles. The van der Waals surface area contributed by atoms with Gasteiger partial charge in [0.2, 0.25) is 11.8 Å². The Labute approximate surface area is 129 Å². The smallest absolute Gasteiger partial charge is 0.234 e. The van der Waals surface area contributed by atoms with Gasteiger partial charge in [-0.1, -0.05) is 12.1 Å². The molecule has 0 radical (unpaired) electrons. The first-order valence-corrected chi connectivity index (χ1v) is 7.57. The van der Waals surface area contributed by atoms with Crippen molar-refractivity contribution in [3.05, 3.63) is 35.6 Å². The number of carbonyl (C=O) groups is 2. The van der Waals surface area contributed by atoms with E-state index in [2.05, 4.69) is 5.32 Å². The molecule has 0 atom stereocenters. The van der Waals surface area contributed by atoms with E-state index in [-0.39, 0.29) is 23.5 Å². The van der Waals surface area contributed by atoms with Gasteiger partial charge in [0.25, 0.3) is 0 Å². The zero-order chi connectivity index (χ0) is 15.9. The van der Waals surface area contributed by atoms with Crippen LogP contribution in [0.4, 0.5) is 4.39 Å². The van der Waals surface area contributed by atoms with E-state index in [0.29, 0.717) is 19.5 Å². The molecule has 1 aromatic carbocycles. The molecule has 1 aliphatic rings. The Morgan fingerprint density at radius 3 is 2.45 bits per heavy atom. The molecule has 1 aliphatic heterocycles. The summed E-state index contributed by atoms with van der Waals surface area (Å²) in [6, 6.07) is 6.27. The Kier molecular flexibility index (Phi) is 5.89. The summed E-state index contributed by atoms with van der Waals surface area (Å²) in [6.45, 7) is 2.31. The van der Waals surface area contributed by atoms with E-state index < -0.39 is 0 Å². The van der Waals surface area contributed by atoms with Crippen LogP contribution < -0.4 is 11.1 Å². The molecule has 6 heteroatoms. The average molecular weight is 307 g/mol. The third-order valence-electron chi connectivity index (χ3n) is 4.01. The van der Waals surface area contributed by atoms with E-state index in [1.807, 2.05) is 4.90 Å². The molecule has 2 rings (SSSR count). The summed E-state index contributed by atoms with van der Waals surface area (Å²) in [7, 11) is 0. The summed E-state index contributed by atoms with van der Waals surface area (Å²) in [5, 5.41) is 2.86. The number of halogens is 1. The highest BCUT2D eigenvalue weighted by Gasteiger charge is 2.23. The van der Waals surface area contributed by atoms with E-state index in [4.69, 9.17) is 5.73 Å². The van der Waals surface area contributed by atoms with Crippen molar-refractivity contribution in [3.8, 4) is 0 Å². The predicted octanol–water partition coefficient (Wildman–Crippen LogP) is 0.682. The quantitative estimate of drug-likeness (QED) is 0.811. The second-order valence-corrected chi connectivity index (χ2v) is 5.68. The third kappa shape index (κ3) is 5.11. The van der Waals surface area contributed by atoms with Crippen molar-refractivity contribution in [2.45, 2.75) is 19.3 Å². The van der Waals surface area contributed by atoms with Crippen LogP contribution in [0, 0.1) is 11.7 Å². The highest BCUT2D eigenvalue weighted by atomic mass is 19.1. The second-order valence-electron chi connectivity index (χ2n) is 5.68. The second kappa shape index (κ2) is 7.89. The maximum atomic E-state index is 12.8. The minimum atomic E-state index is -0.257. The number of hydrogen-bond donors (Lipinski definition) is 2. The summed E-state index contributed by atoms with van der Waals surface area (Å²) < 4.78 is 12.8. The number of nitrogens with zero attached hydrogens (tertiary/aromatic N) is 1. The standard InChI is InChI=1S/C16H22FN3O2/c17-14-3-1-12(2-4-14)5-8-19-15(21)11-20-9-6-13(7-10-20)16(18)22/h1-4,13H,5-11H2,(H2,18,22)(H,19,21). The van der Waals surface area contributed by atoms with Crippen LogP contribution in [-0.4, -0.2) is 42.9 Å². The number of primary amides is 1. The van der Waals surface area contributed by atoms with Gasteiger partial charge in [0, 0.05) is 12.5 Å².